The lowest BCUT2D eigenvalue weighted by molar-refractivity contribution is -0.127. The third-order valence-corrected chi connectivity index (χ3v) is 6.88. The molecule has 0 saturated carbocycles. The highest BCUT2D eigenvalue weighted by Crippen LogP contribution is 2.38. The van der Waals surface area contributed by atoms with E-state index in [4.69, 9.17) is 14.2 Å². The number of aromatic nitrogens is 4. The summed E-state index contributed by atoms with van der Waals surface area (Å²) in [6.45, 7) is 3.94. The van der Waals surface area contributed by atoms with Gasteiger partial charge >= 0.3 is 5.69 Å². The molecule has 1 amide bonds. The van der Waals surface area contributed by atoms with Gasteiger partial charge in [-0.05, 0) is 17.7 Å². The van der Waals surface area contributed by atoms with Gasteiger partial charge in [-0.2, -0.15) is 0 Å². The lowest BCUT2D eigenvalue weighted by atomic mass is 10.1. The van der Waals surface area contributed by atoms with Gasteiger partial charge in [0.2, 0.25) is 11.7 Å². The van der Waals surface area contributed by atoms with Crippen molar-refractivity contribution in [3.05, 3.63) is 63.1 Å². The second kappa shape index (κ2) is 12.0. The third-order valence-electron chi connectivity index (χ3n) is 6.88. The van der Waals surface area contributed by atoms with Crippen LogP contribution in [-0.2, 0) is 25.4 Å². The van der Waals surface area contributed by atoms with Gasteiger partial charge in [-0.3, -0.25) is 23.6 Å². The van der Waals surface area contributed by atoms with E-state index in [-0.39, 0.29) is 11.5 Å². The first-order valence-electron chi connectivity index (χ1n) is 12.6. The van der Waals surface area contributed by atoms with Gasteiger partial charge in [0.25, 0.3) is 5.56 Å². The number of nitrogens with zero attached hydrogens (tertiary/aromatic N) is 6. The Balaban J connectivity index is 1.30. The number of rotatable bonds is 9. The van der Waals surface area contributed by atoms with Gasteiger partial charge in [0.1, 0.15) is 0 Å². The van der Waals surface area contributed by atoms with Crippen molar-refractivity contribution < 1.29 is 19.0 Å². The average Bonchev–Trinajstić information content (AvgIpc) is 3.39. The highest BCUT2D eigenvalue weighted by molar-refractivity contribution is 5.88. The van der Waals surface area contributed by atoms with Gasteiger partial charge < -0.3 is 23.7 Å². The normalized spacial score (nSPS) is 14.5. The number of ether oxygens (including phenoxy) is 3. The van der Waals surface area contributed by atoms with E-state index in [1.807, 2.05) is 23.1 Å². The highest BCUT2D eigenvalue weighted by atomic mass is 16.5. The Morgan fingerprint density at radius 1 is 0.923 bits per heavy atom. The molecule has 0 radical (unpaired) electrons. The Morgan fingerprint density at radius 2 is 1.59 bits per heavy atom. The molecule has 4 rings (SSSR count). The summed E-state index contributed by atoms with van der Waals surface area (Å²) in [6.07, 6.45) is 8.53. The molecule has 12 nitrogen and oxygen atoms in total. The van der Waals surface area contributed by atoms with Crippen LogP contribution in [0, 0.1) is 0 Å². The molecule has 2 aromatic heterocycles. The number of carbonyl (C=O) groups is 1. The van der Waals surface area contributed by atoms with E-state index in [1.54, 1.807) is 57.5 Å². The molecule has 0 aliphatic carbocycles. The number of carbonyl (C=O) groups excluding carboxylic acids is 1. The Morgan fingerprint density at radius 3 is 2.21 bits per heavy atom. The van der Waals surface area contributed by atoms with Crippen LogP contribution in [0.5, 0.6) is 17.2 Å². The van der Waals surface area contributed by atoms with Crippen molar-refractivity contribution in [2.75, 3.05) is 54.1 Å². The molecule has 12 heteroatoms. The zero-order valence-electron chi connectivity index (χ0n) is 22.9. The smallest absolute Gasteiger partial charge is 0.332 e. The number of fused-ring (bicyclic) bond motifs is 1. The summed E-state index contributed by atoms with van der Waals surface area (Å²) in [5.74, 6) is 1.60. The minimum atomic E-state index is -0.399. The number of amides is 1. The van der Waals surface area contributed by atoms with Gasteiger partial charge in [0.05, 0.1) is 27.7 Å². The van der Waals surface area contributed by atoms with Crippen molar-refractivity contribution in [1.82, 2.24) is 28.5 Å². The van der Waals surface area contributed by atoms with Gasteiger partial charge in [0, 0.05) is 59.4 Å². The minimum absolute atomic E-state index is 0.0470. The lowest BCUT2D eigenvalue weighted by Gasteiger charge is -2.34. The Hall–Kier alpha value is -4.32. The summed E-state index contributed by atoms with van der Waals surface area (Å²) in [7, 11) is 7.76. The molecule has 1 fully saturated rings. The van der Waals surface area contributed by atoms with Crippen molar-refractivity contribution in [1.29, 1.82) is 0 Å². The molecular formula is C27H34N6O6. The van der Waals surface area contributed by atoms with E-state index < -0.39 is 5.69 Å². The molecule has 0 bridgehead atoms. The average molecular weight is 539 g/mol. The van der Waals surface area contributed by atoms with Gasteiger partial charge in [-0.15, -0.1) is 0 Å². The summed E-state index contributed by atoms with van der Waals surface area (Å²) in [4.78, 5) is 45.8. The van der Waals surface area contributed by atoms with Crippen LogP contribution >= 0.6 is 0 Å². The fourth-order valence-corrected chi connectivity index (χ4v) is 4.62. The van der Waals surface area contributed by atoms with Crippen LogP contribution in [0.4, 0.5) is 0 Å². The number of hydrogen-bond donors (Lipinski definition) is 0. The van der Waals surface area contributed by atoms with E-state index in [0.717, 1.165) is 23.2 Å². The fraction of sp³-hybridized carbons (Fsp3) is 0.407. The second-order valence-corrected chi connectivity index (χ2v) is 9.16. The minimum Gasteiger partial charge on any atom is -0.493 e. The van der Waals surface area contributed by atoms with Gasteiger partial charge in [-0.1, -0.05) is 18.2 Å². The summed E-state index contributed by atoms with van der Waals surface area (Å²) >= 11 is 0. The third kappa shape index (κ3) is 5.75. The standard InChI is InChI=1S/C27H34N6O6/c1-29-25-23(26(35)30(2)27(29)36)33(18-28-25)15-12-31-10-13-32(14-11-31)22(34)9-7-6-8-19-16-20(37-3)24(39-5)21(17-19)38-4/h6-9,16-18H,10-15H2,1-5H3. The largest absolute Gasteiger partial charge is 0.493 e. The summed E-state index contributed by atoms with van der Waals surface area (Å²) < 4.78 is 20.4. The number of aryl methyl sites for hydroxylation is 1. The molecule has 0 spiro atoms. The second-order valence-electron chi connectivity index (χ2n) is 9.16. The molecule has 1 aliphatic rings. The summed E-state index contributed by atoms with van der Waals surface area (Å²) in [6, 6.07) is 3.66. The zero-order chi connectivity index (χ0) is 28.1. The van der Waals surface area contributed by atoms with Crippen molar-refractivity contribution in [2.45, 2.75) is 6.54 Å². The Labute approximate surface area is 225 Å². The van der Waals surface area contributed by atoms with E-state index in [0.29, 0.717) is 54.6 Å². The van der Waals surface area contributed by atoms with Crippen LogP contribution < -0.4 is 25.5 Å². The SMILES string of the molecule is COc1cc(C=CC=CC(=O)N2CCN(CCn3cnc4c3c(=O)n(C)c(=O)n4C)CC2)cc(OC)c1OC. The predicted molar refractivity (Wildman–Crippen MR) is 148 cm³/mol. The molecule has 208 valence electrons. The summed E-state index contributed by atoms with van der Waals surface area (Å²) in [5.41, 5.74) is 0.889. The fourth-order valence-electron chi connectivity index (χ4n) is 4.62. The number of imidazole rings is 1. The van der Waals surface area contributed by atoms with Crippen LogP contribution in [0.2, 0.25) is 0 Å². The van der Waals surface area contributed by atoms with Crippen LogP contribution in [0.1, 0.15) is 5.56 Å². The number of piperazine rings is 1. The van der Waals surface area contributed by atoms with Crippen LogP contribution in [-0.4, -0.2) is 88.4 Å². The monoisotopic (exact) mass is 538 g/mol. The molecule has 0 N–H and O–H groups in total. The number of allylic oxidation sites excluding steroid dienone is 2. The molecule has 1 aromatic carbocycles. The van der Waals surface area contributed by atoms with Crippen LogP contribution in [0.3, 0.4) is 0 Å². The first-order chi connectivity index (χ1) is 18.8. The van der Waals surface area contributed by atoms with Crippen LogP contribution in [0.15, 0.2) is 46.3 Å². The maximum Gasteiger partial charge on any atom is 0.332 e. The maximum atomic E-state index is 12.7. The topological polar surface area (TPSA) is 113 Å². The van der Waals surface area contributed by atoms with E-state index in [1.165, 1.54) is 11.6 Å². The van der Waals surface area contributed by atoms with Gasteiger partial charge in [0.15, 0.2) is 22.7 Å². The molecule has 1 saturated heterocycles. The molecule has 3 heterocycles. The number of methoxy groups -OCH3 is 3. The quantitative estimate of drug-likeness (QED) is 0.292. The predicted octanol–water partition coefficient (Wildman–Crippen LogP) is 0.873. The first kappa shape index (κ1) is 27.7. The highest BCUT2D eigenvalue weighted by Gasteiger charge is 2.20. The zero-order valence-corrected chi connectivity index (χ0v) is 22.9. The van der Waals surface area contributed by atoms with Crippen molar-refractivity contribution in [2.24, 2.45) is 14.1 Å². The van der Waals surface area contributed by atoms with Crippen LogP contribution in [0.25, 0.3) is 17.2 Å². The molecule has 3 aromatic rings. The lowest BCUT2D eigenvalue weighted by Crippen LogP contribution is -2.49. The molecule has 0 unspecified atom stereocenters. The van der Waals surface area contributed by atoms with E-state index >= 15 is 0 Å². The number of hydrogen-bond acceptors (Lipinski definition) is 8. The Kier molecular flexibility index (Phi) is 8.55. The van der Waals surface area contributed by atoms with Crippen molar-refractivity contribution in [3.8, 4) is 17.2 Å². The van der Waals surface area contributed by atoms with Gasteiger partial charge in [-0.25, -0.2) is 9.78 Å². The Bertz CT molecular complexity index is 1500. The molecule has 0 atom stereocenters. The van der Waals surface area contributed by atoms with Crippen molar-refractivity contribution in [3.63, 3.8) is 0 Å². The maximum absolute atomic E-state index is 12.7. The first-order valence-corrected chi connectivity index (χ1v) is 12.6. The van der Waals surface area contributed by atoms with E-state index in [2.05, 4.69) is 9.88 Å². The van der Waals surface area contributed by atoms with Crippen molar-refractivity contribution >= 4 is 23.1 Å². The summed E-state index contributed by atoms with van der Waals surface area (Å²) in [5, 5.41) is 0. The molecule has 1 aliphatic heterocycles. The molecular weight excluding hydrogens is 504 g/mol. The number of benzene rings is 1. The molecule has 39 heavy (non-hydrogen) atoms. The van der Waals surface area contributed by atoms with E-state index in [9.17, 15) is 14.4 Å².